The molecule has 3 saturated heterocycles. The van der Waals surface area contributed by atoms with Crippen LogP contribution in [0.4, 0.5) is 0 Å². The fraction of sp³-hybridized carbons (Fsp3) is 0.571. The summed E-state index contributed by atoms with van der Waals surface area (Å²) in [5.74, 6) is 1.65. The lowest BCUT2D eigenvalue weighted by molar-refractivity contribution is -0.00775. The summed E-state index contributed by atoms with van der Waals surface area (Å²) >= 11 is 6.12. The largest absolute Gasteiger partial charge is 0.489 e. The first-order valence-corrected chi connectivity index (χ1v) is 6.75. The zero-order valence-corrected chi connectivity index (χ0v) is 10.9. The number of benzene rings is 1. The monoisotopic (exact) mass is 251 g/mol. The molecule has 0 aromatic heterocycles. The molecule has 0 saturated carbocycles. The van der Waals surface area contributed by atoms with Crippen molar-refractivity contribution in [2.24, 2.45) is 5.92 Å². The summed E-state index contributed by atoms with van der Waals surface area (Å²) in [6, 6.07) is 5.99. The summed E-state index contributed by atoms with van der Waals surface area (Å²) < 4.78 is 6.10. The maximum atomic E-state index is 6.12. The maximum absolute atomic E-state index is 6.12. The van der Waals surface area contributed by atoms with Crippen LogP contribution in [0.25, 0.3) is 0 Å². The molecule has 1 atom stereocenters. The maximum Gasteiger partial charge on any atom is 0.121 e. The number of fused-ring (bicyclic) bond motifs is 3. The molecule has 3 heterocycles. The fourth-order valence-corrected chi connectivity index (χ4v) is 3.04. The van der Waals surface area contributed by atoms with Gasteiger partial charge in [0.15, 0.2) is 0 Å². The Bertz CT molecular complexity index is 413. The Hall–Kier alpha value is -0.730. The topological polar surface area (TPSA) is 12.5 Å². The smallest absolute Gasteiger partial charge is 0.121 e. The van der Waals surface area contributed by atoms with Gasteiger partial charge in [0, 0.05) is 11.6 Å². The second kappa shape index (κ2) is 4.51. The Morgan fingerprint density at radius 1 is 1.29 bits per heavy atom. The van der Waals surface area contributed by atoms with Gasteiger partial charge in [0.1, 0.15) is 11.9 Å². The van der Waals surface area contributed by atoms with Gasteiger partial charge in [-0.2, -0.15) is 0 Å². The van der Waals surface area contributed by atoms with Crippen molar-refractivity contribution in [3.63, 3.8) is 0 Å². The van der Waals surface area contributed by atoms with E-state index in [0.717, 1.165) is 28.8 Å². The molecule has 3 aliphatic heterocycles. The van der Waals surface area contributed by atoms with E-state index >= 15 is 0 Å². The van der Waals surface area contributed by atoms with Crippen LogP contribution >= 0.6 is 11.6 Å². The highest BCUT2D eigenvalue weighted by atomic mass is 35.5. The van der Waals surface area contributed by atoms with Crippen LogP contribution in [0.5, 0.6) is 5.75 Å². The van der Waals surface area contributed by atoms with E-state index in [1.54, 1.807) is 0 Å². The summed E-state index contributed by atoms with van der Waals surface area (Å²) in [5, 5.41) is 0.795. The van der Waals surface area contributed by atoms with Gasteiger partial charge in [-0.05, 0) is 56.5 Å². The van der Waals surface area contributed by atoms with Gasteiger partial charge in [-0.3, -0.25) is 4.90 Å². The molecule has 3 fully saturated rings. The van der Waals surface area contributed by atoms with Gasteiger partial charge in [0.05, 0.1) is 0 Å². The van der Waals surface area contributed by atoms with E-state index in [2.05, 4.69) is 4.90 Å². The standard InChI is InChI=1S/C14H18ClNO/c1-10-2-3-12(8-13(10)15)17-14-9-16-6-4-11(14)5-7-16/h2-3,8,11,14H,4-7,9H2,1H3. The number of ether oxygens (including phenoxy) is 1. The third-order valence-electron chi connectivity index (χ3n) is 4.03. The van der Waals surface area contributed by atoms with Crippen molar-refractivity contribution in [2.75, 3.05) is 19.6 Å². The van der Waals surface area contributed by atoms with Crippen molar-refractivity contribution >= 4 is 11.6 Å². The van der Waals surface area contributed by atoms with Crippen LogP contribution < -0.4 is 4.74 Å². The number of halogens is 1. The van der Waals surface area contributed by atoms with Crippen molar-refractivity contribution in [3.8, 4) is 5.75 Å². The fourth-order valence-electron chi connectivity index (χ4n) is 2.87. The number of aryl methyl sites for hydroxylation is 1. The first-order chi connectivity index (χ1) is 8.22. The molecule has 1 aromatic rings. The van der Waals surface area contributed by atoms with Gasteiger partial charge < -0.3 is 4.74 Å². The van der Waals surface area contributed by atoms with E-state index in [0.29, 0.717) is 6.10 Å². The lowest BCUT2D eigenvalue weighted by Gasteiger charge is -2.44. The van der Waals surface area contributed by atoms with Crippen molar-refractivity contribution < 1.29 is 4.74 Å². The van der Waals surface area contributed by atoms with Crippen LogP contribution in [0.3, 0.4) is 0 Å². The SMILES string of the molecule is Cc1ccc(OC2CN3CCC2CC3)cc1Cl. The number of hydrogen-bond acceptors (Lipinski definition) is 2. The molecule has 17 heavy (non-hydrogen) atoms. The van der Waals surface area contributed by atoms with Crippen molar-refractivity contribution in [1.82, 2.24) is 4.90 Å². The van der Waals surface area contributed by atoms with Crippen LogP contribution in [0.1, 0.15) is 18.4 Å². The number of piperidine rings is 3. The molecule has 0 spiro atoms. The minimum atomic E-state index is 0.358. The predicted octanol–water partition coefficient (Wildman–Crippen LogP) is 3.12. The van der Waals surface area contributed by atoms with E-state index in [-0.39, 0.29) is 0 Å². The molecule has 3 heteroatoms. The van der Waals surface area contributed by atoms with E-state index in [9.17, 15) is 0 Å². The van der Waals surface area contributed by atoms with Crippen LogP contribution in [0.2, 0.25) is 5.02 Å². The van der Waals surface area contributed by atoms with Crippen LogP contribution in [-0.4, -0.2) is 30.6 Å². The molecular formula is C14H18ClNO. The molecule has 1 unspecified atom stereocenters. The molecular weight excluding hydrogens is 234 g/mol. The summed E-state index contributed by atoms with van der Waals surface area (Å²) in [6.07, 6.45) is 2.92. The van der Waals surface area contributed by atoms with Gasteiger partial charge in [0.25, 0.3) is 0 Å². The second-order valence-corrected chi connectivity index (χ2v) is 5.61. The average molecular weight is 252 g/mol. The van der Waals surface area contributed by atoms with E-state index in [4.69, 9.17) is 16.3 Å². The molecule has 1 aromatic carbocycles. The minimum absolute atomic E-state index is 0.358. The molecule has 0 aliphatic carbocycles. The highest BCUT2D eigenvalue weighted by Gasteiger charge is 2.35. The van der Waals surface area contributed by atoms with Gasteiger partial charge in [0.2, 0.25) is 0 Å². The van der Waals surface area contributed by atoms with Crippen molar-refractivity contribution in [3.05, 3.63) is 28.8 Å². The highest BCUT2D eigenvalue weighted by molar-refractivity contribution is 6.31. The van der Waals surface area contributed by atoms with Crippen LogP contribution in [0, 0.1) is 12.8 Å². The molecule has 3 aliphatic rings. The first kappa shape index (κ1) is 11.4. The molecule has 0 radical (unpaired) electrons. The quantitative estimate of drug-likeness (QED) is 0.801. The molecule has 4 rings (SSSR count). The summed E-state index contributed by atoms with van der Waals surface area (Å²) in [5.41, 5.74) is 1.10. The molecule has 0 amide bonds. The zero-order valence-electron chi connectivity index (χ0n) is 10.2. The number of hydrogen-bond donors (Lipinski definition) is 0. The van der Waals surface area contributed by atoms with E-state index in [1.807, 2.05) is 25.1 Å². The third-order valence-corrected chi connectivity index (χ3v) is 4.43. The summed E-state index contributed by atoms with van der Waals surface area (Å²) in [6.45, 7) is 5.59. The second-order valence-electron chi connectivity index (χ2n) is 5.21. The average Bonchev–Trinajstić information content (AvgIpc) is 2.35. The van der Waals surface area contributed by atoms with Gasteiger partial charge in [-0.1, -0.05) is 17.7 Å². The Morgan fingerprint density at radius 2 is 2.06 bits per heavy atom. The van der Waals surface area contributed by atoms with Gasteiger partial charge in [-0.15, -0.1) is 0 Å². The Labute approximate surface area is 108 Å². The normalized spacial score (nSPS) is 31.5. The Balaban J connectivity index is 1.72. The van der Waals surface area contributed by atoms with E-state index in [1.165, 1.54) is 25.9 Å². The lowest BCUT2D eigenvalue weighted by Crippen LogP contribution is -2.52. The van der Waals surface area contributed by atoms with E-state index < -0.39 is 0 Å². The number of rotatable bonds is 2. The highest BCUT2D eigenvalue weighted by Crippen LogP contribution is 2.31. The van der Waals surface area contributed by atoms with Crippen molar-refractivity contribution in [2.45, 2.75) is 25.9 Å². The molecule has 2 nitrogen and oxygen atoms in total. The summed E-state index contributed by atoms with van der Waals surface area (Å²) in [7, 11) is 0. The van der Waals surface area contributed by atoms with Gasteiger partial charge >= 0.3 is 0 Å². The first-order valence-electron chi connectivity index (χ1n) is 6.37. The van der Waals surface area contributed by atoms with Crippen molar-refractivity contribution in [1.29, 1.82) is 0 Å². The molecule has 0 N–H and O–H groups in total. The summed E-state index contributed by atoms with van der Waals surface area (Å²) in [4.78, 5) is 2.50. The Morgan fingerprint density at radius 3 is 2.65 bits per heavy atom. The zero-order chi connectivity index (χ0) is 11.8. The number of nitrogens with zero attached hydrogens (tertiary/aromatic N) is 1. The van der Waals surface area contributed by atoms with Crippen LogP contribution in [-0.2, 0) is 0 Å². The third kappa shape index (κ3) is 2.29. The minimum Gasteiger partial charge on any atom is -0.489 e. The molecule has 2 bridgehead atoms. The predicted molar refractivity (Wildman–Crippen MR) is 69.8 cm³/mol. The Kier molecular flexibility index (Phi) is 3.01. The lowest BCUT2D eigenvalue weighted by atomic mass is 9.86. The van der Waals surface area contributed by atoms with Gasteiger partial charge in [-0.25, -0.2) is 0 Å². The van der Waals surface area contributed by atoms with Crippen LogP contribution in [0.15, 0.2) is 18.2 Å². The molecule has 92 valence electrons.